The number of likely N-dealkylation sites (tertiary alicyclic amines) is 1. The predicted octanol–water partition coefficient (Wildman–Crippen LogP) is 2.41. The number of thioether (sulfide) groups is 1. The summed E-state index contributed by atoms with van der Waals surface area (Å²) in [5, 5.41) is 20.8. The number of fused-ring (bicyclic) bond motifs is 2. The minimum atomic E-state index is -4.27. The summed E-state index contributed by atoms with van der Waals surface area (Å²) in [6.07, 6.45) is 4.21. The van der Waals surface area contributed by atoms with Gasteiger partial charge in [0.15, 0.2) is 0 Å². The second-order valence-corrected chi connectivity index (χ2v) is 20.4. The molecule has 0 bridgehead atoms. The van der Waals surface area contributed by atoms with Gasteiger partial charge in [-0.3, -0.25) is 14.9 Å². The van der Waals surface area contributed by atoms with Crippen LogP contribution in [0.25, 0.3) is 0 Å². The number of unbranched alkanes of at least 4 members (excludes halogenated alkanes) is 1. The number of nitrogens with zero attached hydrogens (tertiary/aromatic N) is 1. The molecule has 56 heavy (non-hydrogen) atoms. The Hall–Kier alpha value is -3.02. The fourth-order valence-electron chi connectivity index (χ4n) is 7.40. The number of ether oxygens (including phenoxy) is 1. The number of amides is 1. The molecule has 1 amide bonds. The molecule has 4 unspecified atom stereocenters. The molecule has 0 aromatic heterocycles. The van der Waals surface area contributed by atoms with E-state index in [0.717, 1.165) is 31.7 Å². The Bertz CT molecular complexity index is 2120. The van der Waals surface area contributed by atoms with Crippen LogP contribution in [-0.2, 0) is 49.2 Å². The van der Waals surface area contributed by atoms with Crippen LogP contribution in [0, 0.1) is 5.92 Å². The van der Waals surface area contributed by atoms with E-state index in [1.807, 2.05) is 0 Å². The lowest BCUT2D eigenvalue weighted by Crippen LogP contribution is -2.55. The molecule has 2 aromatic carbocycles. The number of nitrogens with one attached hydrogen (secondary N) is 4. The van der Waals surface area contributed by atoms with Gasteiger partial charge in [-0.05, 0) is 94.7 Å². The molecular weight excluding hydrogens is 832 g/mol. The number of hydrogen-bond donors (Lipinski definition) is 6. The Morgan fingerprint density at radius 2 is 1.80 bits per heavy atom. The summed E-state index contributed by atoms with van der Waals surface area (Å²) in [5.74, 6) is -1.63. The van der Waals surface area contributed by atoms with E-state index >= 15 is 0 Å². The zero-order valence-corrected chi connectivity index (χ0v) is 34.8. The van der Waals surface area contributed by atoms with Gasteiger partial charge in [0.25, 0.3) is 0 Å². The van der Waals surface area contributed by atoms with Crippen LogP contribution < -0.4 is 25.2 Å². The van der Waals surface area contributed by atoms with Crippen molar-refractivity contribution < 1.29 is 49.5 Å². The Labute approximate surface area is 336 Å². The number of sulfonamides is 3. The molecule has 2 aliphatic heterocycles. The van der Waals surface area contributed by atoms with Gasteiger partial charge in [0.2, 0.25) is 36.0 Å². The van der Waals surface area contributed by atoms with Gasteiger partial charge < -0.3 is 20.1 Å². The van der Waals surface area contributed by atoms with Crippen molar-refractivity contribution >= 4 is 77.0 Å². The van der Waals surface area contributed by atoms with Crippen LogP contribution in [0.2, 0.25) is 5.02 Å². The summed E-state index contributed by atoms with van der Waals surface area (Å²) < 4.78 is 85.6. The molecule has 2 fully saturated rings. The number of anilines is 1. The zero-order chi connectivity index (χ0) is 41.0. The van der Waals surface area contributed by atoms with Crippen molar-refractivity contribution in [2.45, 2.75) is 115 Å². The van der Waals surface area contributed by atoms with E-state index in [9.17, 15) is 44.7 Å². The lowest BCUT2D eigenvalue weighted by atomic mass is 9.84. The number of benzene rings is 2. The number of aliphatic carboxylic acids is 1. The fourth-order valence-corrected chi connectivity index (χ4v) is 11.9. The first-order valence-corrected chi connectivity index (χ1v) is 24.1. The number of esters is 1. The Balaban J connectivity index is 1.10. The minimum Gasteiger partial charge on any atom is -0.480 e. The van der Waals surface area contributed by atoms with Crippen molar-refractivity contribution in [1.29, 1.82) is 0 Å². The summed E-state index contributed by atoms with van der Waals surface area (Å²) in [7, 11) is -12.3. The molecule has 17 nitrogen and oxygen atoms in total. The molecule has 7 N–H and O–H groups in total. The number of carbonyl (C=O) groups excluding carboxylic acids is 2. The maximum Gasteiger partial charge on any atom is 0.326 e. The number of primary sulfonamides is 1. The van der Waals surface area contributed by atoms with Gasteiger partial charge in [0.05, 0.1) is 28.3 Å². The van der Waals surface area contributed by atoms with E-state index in [4.69, 9.17) is 21.5 Å². The van der Waals surface area contributed by atoms with Gasteiger partial charge in [-0.25, -0.2) is 39.9 Å². The topological polar surface area (TPSA) is 260 Å². The van der Waals surface area contributed by atoms with Crippen LogP contribution in [0.1, 0.15) is 65.2 Å². The molecule has 2 heterocycles. The van der Waals surface area contributed by atoms with E-state index in [1.54, 1.807) is 26.0 Å². The second kappa shape index (κ2) is 18.3. The van der Waals surface area contributed by atoms with Crippen LogP contribution in [0.4, 0.5) is 5.69 Å². The molecule has 1 aliphatic carbocycles. The largest absolute Gasteiger partial charge is 0.480 e. The Kier molecular flexibility index (Phi) is 14.4. The van der Waals surface area contributed by atoms with Crippen molar-refractivity contribution in [2.24, 2.45) is 11.1 Å². The maximum atomic E-state index is 13.6. The molecule has 2 aromatic rings. The summed E-state index contributed by atoms with van der Waals surface area (Å²) in [6, 6.07) is 5.30. The maximum absolute atomic E-state index is 13.6. The lowest BCUT2D eigenvalue weighted by Gasteiger charge is -2.35. The minimum absolute atomic E-state index is 0.00719. The number of carbonyl (C=O) groups is 3. The highest BCUT2D eigenvalue weighted by Crippen LogP contribution is 2.40. The fraction of sp³-hybridized carbons (Fsp3) is 0.559. The quantitative estimate of drug-likeness (QED) is 0.0758. The van der Waals surface area contributed by atoms with E-state index in [2.05, 4.69) is 20.1 Å². The molecule has 0 spiro atoms. The van der Waals surface area contributed by atoms with Crippen LogP contribution >= 0.6 is 23.4 Å². The molecule has 6 atom stereocenters. The molecule has 310 valence electrons. The summed E-state index contributed by atoms with van der Waals surface area (Å²) >= 11 is 7.28. The lowest BCUT2D eigenvalue weighted by molar-refractivity contribution is -0.152. The Morgan fingerprint density at radius 3 is 2.46 bits per heavy atom. The van der Waals surface area contributed by atoms with Crippen LogP contribution in [0.3, 0.4) is 0 Å². The van der Waals surface area contributed by atoms with Crippen molar-refractivity contribution in [2.75, 3.05) is 24.2 Å². The van der Waals surface area contributed by atoms with Gasteiger partial charge in [0.1, 0.15) is 28.0 Å². The van der Waals surface area contributed by atoms with Crippen LogP contribution in [0.15, 0.2) is 56.0 Å². The Morgan fingerprint density at radius 1 is 1.11 bits per heavy atom. The number of carboxylic acid groups (broad SMARTS) is 1. The zero-order valence-electron chi connectivity index (χ0n) is 30.8. The number of hydrogen-bond acceptors (Lipinski definition) is 13. The van der Waals surface area contributed by atoms with Crippen LogP contribution in [-0.4, -0.2) is 102 Å². The van der Waals surface area contributed by atoms with E-state index in [0.29, 0.717) is 24.2 Å². The molecular formula is C34H47ClN6O11S4. The van der Waals surface area contributed by atoms with Crippen molar-refractivity contribution in [3.63, 3.8) is 0 Å². The van der Waals surface area contributed by atoms with Gasteiger partial charge in [-0.1, -0.05) is 24.4 Å². The van der Waals surface area contributed by atoms with Crippen LogP contribution in [0.5, 0.6) is 0 Å². The monoisotopic (exact) mass is 878 g/mol. The predicted molar refractivity (Wildman–Crippen MR) is 208 cm³/mol. The third kappa shape index (κ3) is 10.5. The summed E-state index contributed by atoms with van der Waals surface area (Å²) in [5.41, 5.74) is 0.0990. The number of halogens is 1. The van der Waals surface area contributed by atoms with E-state index < -0.39 is 71.2 Å². The van der Waals surface area contributed by atoms with Gasteiger partial charge in [-0.15, -0.1) is 11.8 Å². The molecule has 1 saturated heterocycles. The van der Waals surface area contributed by atoms with Gasteiger partial charge in [-0.2, -0.15) is 4.72 Å². The number of carboxylic acids is 1. The normalized spacial score (nSPS) is 23.0. The molecule has 3 aliphatic rings. The van der Waals surface area contributed by atoms with Gasteiger partial charge >= 0.3 is 11.9 Å². The van der Waals surface area contributed by atoms with Crippen molar-refractivity contribution in [3.8, 4) is 0 Å². The summed E-state index contributed by atoms with van der Waals surface area (Å²) in [6.45, 7) is 3.47. The second-order valence-electron chi connectivity index (χ2n) is 14.0. The molecule has 1 saturated carbocycles. The highest BCUT2D eigenvalue weighted by molar-refractivity contribution is 7.99. The first-order chi connectivity index (χ1) is 26.3. The average Bonchev–Trinajstić information content (AvgIpc) is 3.52. The molecule has 22 heteroatoms. The molecule has 5 rings (SSSR count). The van der Waals surface area contributed by atoms with Crippen molar-refractivity contribution in [3.05, 3.63) is 41.4 Å². The van der Waals surface area contributed by atoms with Crippen molar-refractivity contribution in [1.82, 2.24) is 19.7 Å². The highest BCUT2D eigenvalue weighted by atomic mass is 35.5. The van der Waals surface area contributed by atoms with Gasteiger partial charge in [0, 0.05) is 23.2 Å². The average molecular weight is 880 g/mol. The number of nitrogens with two attached hydrogens (primary N) is 1. The number of rotatable bonds is 17. The standard InChI is InChI=1S/C34H47ClN6O11S4/c1-3-52-34(45)25(38-20(2)32(42)41-27-10-5-4-8-21(27)16-28(41)33(43)44)9-6-7-15-37-55(48,49)23-13-11-22(12-14-23)53-19-31-39-26-17-24(35)29(54(36,46)47)18-30(26)56(50,51)40-31/h11-14,17-18,20-21,25,27-28,31,37-40H,3-10,15-16,19H2,1-2H3,(H,43,44)(H2,36,46,47)/t20-,21?,25-,27?,28?,31?/m0/s1. The first kappa shape index (κ1) is 44.1. The highest BCUT2D eigenvalue weighted by Gasteiger charge is 2.48. The van der Waals surface area contributed by atoms with E-state index in [1.165, 1.54) is 34.9 Å². The SMILES string of the molecule is CCOC(=O)[C@H](CCCCNS(=O)(=O)c1ccc(SCC2Nc3cc(Cl)c(S(N)(=O)=O)cc3S(=O)(=O)N2)cc1)N[C@@H](C)C(=O)N1C(C(=O)O)CC2CCCCC21. The smallest absolute Gasteiger partial charge is 0.326 e. The summed E-state index contributed by atoms with van der Waals surface area (Å²) in [4.78, 5) is 39.8. The third-order valence-corrected chi connectivity index (χ3v) is 15.5. The van der Waals surface area contributed by atoms with E-state index in [-0.39, 0.29) is 63.7 Å². The molecule has 0 radical (unpaired) electrons. The third-order valence-electron chi connectivity index (χ3n) is 10.0. The first-order valence-electron chi connectivity index (χ1n) is 18.2.